The van der Waals surface area contributed by atoms with E-state index in [1.807, 2.05) is 0 Å². The molecule has 0 aliphatic heterocycles. The second-order valence-electron chi connectivity index (χ2n) is 1.98. The minimum absolute atomic E-state index is 0.251. The molecule has 0 saturated heterocycles. The summed E-state index contributed by atoms with van der Waals surface area (Å²) in [5.41, 5.74) is 10.8. The molecule has 2 aromatic rings. The molecule has 0 fully saturated rings. The maximum atomic E-state index is 5.41. The summed E-state index contributed by atoms with van der Waals surface area (Å²) in [6, 6.07) is 0. The SMILES string of the molecule is Nc1cn2c(N)nnc2nn1. The van der Waals surface area contributed by atoms with Crippen LogP contribution in [0, 0.1) is 0 Å². The Hall–Kier alpha value is -1.92. The average Bonchev–Trinajstić information content (AvgIpc) is 2.33. The van der Waals surface area contributed by atoms with Crippen LogP contribution >= 0.6 is 0 Å². The molecule has 0 aromatic carbocycles. The molecule has 2 aromatic heterocycles. The van der Waals surface area contributed by atoms with Crippen LogP contribution in [-0.2, 0) is 0 Å². The number of hydrogen-bond acceptors (Lipinski definition) is 6. The first-order valence-corrected chi connectivity index (χ1v) is 2.87. The zero-order valence-corrected chi connectivity index (χ0v) is 5.47. The van der Waals surface area contributed by atoms with E-state index in [0.717, 1.165) is 0 Å². The highest BCUT2D eigenvalue weighted by Crippen LogP contribution is 2.01. The van der Waals surface area contributed by atoms with Crippen molar-refractivity contribution < 1.29 is 0 Å². The molecule has 4 N–H and O–H groups in total. The van der Waals surface area contributed by atoms with Crippen LogP contribution in [0.4, 0.5) is 11.8 Å². The fourth-order valence-corrected chi connectivity index (χ4v) is 0.747. The highest BCUT2D eigenvalue weighted by molar-refractivity contribution is 5.38. The van der Waals surface area contributed by atoms with Gasteiger partial charge in [0.2, 0.25) is 5.95 Å². The van der Waals surface area contributed by atoms with Gasteiger partial charge in [-0.2, -0.15) is 0 Å². The van der Waals surface area contributed by atoms with Crippen molar-refractivity contribution >= 4 is 17.5 Å². The van der Waals surface area contributed by atoms with Gasteiger partial charge in [0.15, 0.2) is 5.82 Å². The molecule has 0 saturated carbocycles. The van der Waals surface area contributed by atoms with Crippen LogP contribution in [-0.4, -0.2) is 24.8 Å². The number of aromatic nitrogens is 5. The molecular formula is C4H5N7. The van der Waals surface area contributed by atoms with Crippen molar-refractivity contribution in [2.45, 2.75) is 0 Å². The van der Waals surface area contributed by atoms with Gasteiger partial charge in [-0.3, -0.25) is 0 Å². The van der Waals surface area contributed by atoms with Gasteiger partial charge < -0.3 is 11.5 Å². The minimum atomic E-state index is 0.251. The van der Waals surface area contributed by atoms with Gasteiger partial charge in [0.25, 0.3) is 5.78 Å². The lowest BCUT2D eigenvalue weighted by atomic mass is 10.7. The summed E-state index contributed by atoms with van der Waals surface area (Å²) in [7, 11) is 0. The normalized spacial score (nSPS) is 10.5. The summed E-state index contributed by atoms with van der Waals surface area (Å²) in [6.07, 6.45) is 1.51. The summed E-state index contributed by atoms with van der Waals surface area (Å²) in [6.45, 7) is 0. The van der Waals surface area contributed by atoms with Crippen molar-refractivity contribution in [1.82, 2.24) is 24.8 Å². The molecule has 0 spiro atoms. The fraction of sp³-hybridized carbons (Fsp3) is 0. The molecule has 0 atom stereocenters. The highest BCUT2D eigenvalue weighted by atomic mass is 15.4. The van der Waals surface area contributed by atoms with Gasteiger partial charge in [0.1, 0.15) is 0 Å². The highest BCUT2D eigenvalue weighted by Gasteiger charge is 2.01. The Morgan fingerprint density at radius 2 is 1.82 bits per heavy atom. The molecule has 0 unspecified atom stereocenters. The van der Waals surface area contributed by atoms with Crippen LogP contribution in [0.15, 0.2) is 6.20 Å². The van der Waals surface area contributed by atoms with Crippen LogP contribution in [0.1, 0.15) is 0 Å². The largest absolute Gasteiger partial charge is 0.381 e. The third-order valence-electron chi connectivity index (χ3n) is 1.22. The topological polar surface area (TPSA) is 108 Å². The second kappa shape index (κ2) is 1.78. The fourth-order valence-electron chi connectivity index (χ4n) is 0.747. The smallest absolute Gasteiger partial charge is 0.275 e. The second-order valence-corrected chi connectivity index (χ2v) is 1.98. The van der Waals surface area contributed by atoms with Gasteiger partial charge >= 0.3 is 0 Å². The monoisotopic (exact) mass is 151 g/mol. The number of rotatable bonds is 0. The van der Waals surface area contributed by atoms with Crippen LogP contribution in [0.3, 0.4) is 0 Å². The van der Waals surface area contributed by atoms with Crippen molar-refractivity contribution in [1.29, 1.82) is 0 Å². The van der Waals surface area contributed by atoms with Crippen molar-refractivity contribution in [3.8, 4) is 0 Å². The van der Waals surface area contributed by atoms with E-state index in [1.54, 1.807) is 0 Å². The standard InChI is InChI=1S/C4H5N7/c5-2-1-11-3(6)8-10-4(11)9-7-2/h1H,5H2,(H2,6,8). The predicted octanol–water partition coefficient (Wildman–Crippen LogP) is -1.32. The summed E-state index contributed by atoms with van der Waals surface area (Å²) in [4.78, 5) is 0. The number of anilines is 2. The van der Waals surface area contributed by atoms with E-state index in [2.05, 4.69) is 20.4 Å². The average molecular weight is 151 g/mol. The molecule has 0 bridgehead atoms. The van der Waals surface area contributed by atoms with Gasteiger partial charge in [-0.05, 0) is 0 Å². The number of nitrogen functional groups attached to an aromatic ring is 2. The summed E-state index contributed by atoms with van der Waals surface area (Å²) < 4.78 is 1.46. The van der Waals surface area contributed by atoms with Crippen LogP contribution < -0.4 is 11.5 Å². The van der Waals surface area contributed by atoms with Gasteiger partial charge in [0, 0.05) is 0 Å². The molecule has 0 aliphatic rings. The molecule has 7 nitrogen and oxygen atoms in total. The van der Waals surface area contributed by atoms with Gasteiger partial charge in [-0.25, -0.2) is 4.40 Å². The predicted molar refractivity (Wildman–Crippen MR) is 37.4 cm³/mol. The van der Waals surface area contributed by atoms with E-state index >= 15 is 0 Å². The number of nitrogens with two attached hydrogens (primary N) is 2. The Labute approximate surface area is 61.0 Å². The molecule has 0 radical (unpaired) electrons. The number of fused-ring (bicyclic) bond motifs is 1. The van der Waals surface area contributed by atoms with Crippen LogP contribution in [0.25, 0.3) is 5.78 Å². The molecular weight excluding hydrogens is 146 g/mol. The van der Waals surface area contributed by atoms with Gasteiger partial charge in [-0.15, -0.1) is 20.4 Å². The molecule has 11 heavy (non-hydrogen) atoms. The van der Waals surface area contributed by atoms with E-state index in [9.17, 15) is 0 Å². The first-order valence-electron chi connectivity index (χ1n) is 2.87. The Kier molecular flexibility index (Phi) is 0.945. The lowest BCUT2D eigenvalue weighted by Crippen LogP contribution is -2.00. The Morgan fingerprint density at radius 1 is 1.09 bits per heavy atom. The van der Waals surface area contributed by atoms with E-state index in [-0.39, 0.29) is 11.8 Å². The van der Waals surface area contributed by atoms with Crippen molar-refractivity contribution in [3.63, 3.8) is 0 Å². The maximum absolute atomic E-state index is 5.41. The lowest BCUT2D eigenvalue weighted by molar-refractivity contribution is 0.976. The van der Waals surface area contributed by atoms with Gasteiger partial charge in [-0.1, -0.05) is 0 Å². The summed E-state index contributed by atoms with van der Waals surface area (Å²) in [5, 5.41) is 14.4. The first-order chi connectivity index (χ1) is 5.27. The van der Waals surface area contributed by atoms with Crippen molar-refractivity contribution in [2.24, 2.45) is 0 Å². The van der Waals surface area contributed by atoms with Crippen LogP contribution in [0.5, 0.6) is 0 Å². The van der Waals surface area contributed by atoms with Crippen molar-refractivity contribution in [2.75, 3.05) is 11.5 Å². The molecule has 2 heterocycles. The zero-order chi connectivity index (χ0) is 7.84. The van der Waals surface area contributed by atoms with Crippen LogP contribution in [0.2, 0.25) is 0 Å². The lowest BCUT2D eigenvalue weighted by Gasteiger charge is -1.92. The van der Waals surface area contributed by atoms with E-state index < -0.39 is 0 Å². The number of hydrogen-bond donors (Lipinski definition) is 2. The first kappa shape index (κ1) is 5.83. The molecule has 0 aliphatic carbocycles. The Balaban J connectivity index is 2.87. The van der Waals surface area contributed by atoms with Gasteiger partial charge in [0.05, 0.1) is 6.20 Å². The molecule has 2 rings (SSSR count). The number of nitrogens with zero attached hydrogens (tertiary/aromatic N) is 5. The third kappa shape index (κ3) is 0.741. The van der Waals surface area contributed by atoms with E-state index in [4.69, 9.17) is 11.5 Å². The molecule has 7 heteroatoms. The minimum Gasteiger partial charge on any atom is -0.381 e. The quantitative estimate of drug-likeness (QED) is 0.483. The maximum Gasteiger partial charge on any atom is 0.275 e. The third-order valence-corrected chi connectivity index (χ3v) is 1.22. The van der Waals surface area contributed by atoms with E-state index in [0.29, 0.717) is 5.78 Å². The zero-order valence-electron chi connectivity index (χ0n) is 5.47. The Bertz CT molecular complexity index is 390. The molecule has 0 amide bonds. The van der Waals surface area contributed by atoms with Crippen molar-refractivity contribution in [3.05, 3.63) is 6.20 Å². The molecule has 56 valence electrons. The Morgan fingerprint density at radius 3 is 2.64 bits per heavy atom. The summed E-state index contributed by atoms with van der Waals surface area (Å²) >= 11 is 0. The van der Waals surface area contributed by atoms with E-state index in [1.165, 1.54) is 10.6 Å². The summed E-state index contributed by atoms with van der Waals surface area (Å²) in [5.74, 6) is 0.877.